The fourth-order valence-electron chi connectivity index (χ4n) is 6.75. The van der Waals surface area contributed by atoms with E-state index in [4.69, 9.17) is 0 Å². The van der Waals surface area contributed by atoms with Gasteiger partial charge in [0.05, 0.1) is 29.2 Å². The van der Waals surface area contributed by atoms with E-state index in [1.165, 1.54) is 0 Å². The second-order valence-electron chi connectivity index (χ2n) is 10.6. The predicted octanol–water partition coefficient (Wildman–Crippen LogP) is 3.49. The summed E-state index contributed by atoms with van der Waals surface area (Å²) in [5.41, 5.74) is 0.998. The lowest BCUT2D eigenvalue weighted by Crippen LogP contribution is -2.57. The molecule has 7 nitrogen and oxygen atoms in total. The summed E-state index contributed by atoms with van der Waals surface area (Å²) in [6.07, 6.45) is 6.30. The van der Waals surface area contributed by atoms with Crippen molar-refractivity contribution in [1.82, 2.24) is 14.7 Å². The Labute approximate surface area is 230 Å². The maximum absolute atomic E-state index is 14.5. The molecule has 0 aromatic heterocycles. The lowest BCUT2D eigenvalue weighted by molar-refractivity contribution is -0.147. The molecule has 1 aromatic carbocycles. The fourth-order valence-corrected chi connectivity index (χ4v) is 8.94. The molecular formula is C30H41N3O4S. The first-order chi connectivity index (χ1) is 18.4. The Hall–Kier alpha value is -2.58. The number of carbonyl (C=O) groups excluding carboxylic acids is 3. The third-order valence-electron chi connectivity index (χ3n) is 8.36. The summed E-state index contributed by atoms with van der Waals surface area (Å²) in [4.78, 5) is 47.8. The Morgan fingerprint density at radius 1 is 1.16 bits per heavy atom. The normalized spacial score (nSPS) is 28.2. The van der Waals surface area contributed by atoms with Crippen LogP contribution in [0.5, 0.6) is 0 Å². The fraction of sp³-hybridized carbons (Fsp3) is 0.567. The van der Waals surface area contributed by atoms with E-state index in [1.54, 1.807) is 33.7 Å². The molecule has 1 aromatic rings. The molecule has 4 rings (SSSR count). The van der Waals surface area contributed by atoms with Gasteiger partial charge in [0, 0.05) is 31.4 Å². The Morgan fingerprint density at radius 2 is 1.84 bits per heavy atom. The number of benzene rings is 1. The first kappa shape index (κ1) is 28.4. The molecule has 1 N–H and O–H groups in total. The number of aliphatic hydroxyl groups is 1. The van der Waals surface area contributed by atoms with E-state index in [0.29, 0.717) is 39.0 Å². The molecule has 206 valence electrons. The Bertz CT molecular complexity index is 1050. The standard InChI is InChI=1S/C30H41N3O4S/c1-5-16-31(17-6-2)27(35)24-23-14-15-30(38-23)25(24)28(36)33(22(8-4)20-34)26(30)29(37)32(18-7-3)19-21-12-10-9-11-13-21/h5,7,9-13,22-26,34H,1,3,6,8,14-20H2,2,4H3/t22-,23+,24-,25-,26?,30?/m0/s1. The summed E-state index contributed by atoms with van der Waals surface area (Å²) in [6, 6.07) is 8.59. The van der Waals surface area contributed by atoms with Crippen LogP contribution >= 0.6 is 11.8 Å². The molecule has 3 saturated heterocycles. The highest BCUT2D eigenvalue weighted by atomic mass is 32.2. The topological polar surface area (TPSA) is 81.2 Å². The van der Waals surface area contributed by atoms with Gasteiger partial charge >= 0.3 is 0 Å². The first-order valence-corrected chi connectivity index (χ1v) is 14.7. The van der Waals surface area contributed by atoms with Gasteiger partial charge in [0.1, 0.15) is 6.04 Å². The highest BCUT2D eigenvalue weighted by Gasteiger charge is 2.74. The maximum Gasteiger partial charge on any atom is 0.247 e. The zero-order valence-electron chi connectivity index (χ0n) is 22.6. The zero-order valence-corrected chi connectivity index (χ0v) is 23.4. The zero-order chi connectivity index (χ0) is 27.4. The van der Waals surface area contributed by atoms with Crippen molar-refractivity contribution in [2.75, 3.05) is 26.2 Å². The third-order valence-corrected chi connectivity index (χ3v) is 10.3. The maximum atomic E-state index is 14.5. The molecule has 3 aliphatic rings. The number of likely N-dealkylation sites (tertiary alicyclic amines) is 1. The lowest BCUT2D eigenvalue weighted by Gasteiger charge is -2.39. The Balaban J connectivity index is 1.75. The van der Waals surface area contributed by atoms with E-state index in [0.717, 1.165) is 18.4 Å². The van der Waals surface area contributed by atoms with Gasteiger partial charge in [-0.25, -0.2) is 0 Å². The van der Waals surface area contributed by atoms with Crippen molar-refractivity contribution < 1.29 is 19.5 Å². The lowest BCUT2D eigenvalue weighted by atomic mass is 9.70. The highest BCUT2D eigenvalue weighted by Crippen LogP contribution is 2.67. The molecule has 3 fully saturated rings. The molecular weight excluding hydrogens is 498 g/mol. The van der Waals surface area contributed by atoms with Crippen LogP contribution in [0.1, 0.15) is 45.1 Å². The quantitative estimate of drug-likeness (QED) is 0.388. The van der Waals surface area contributed by atoms with Crippen LogP contribution in [0.25, 0.3) is 0 Å². The van der Waals surface area contributed by atoms with Gasteiger partial charge in [-0.05, 0) is 31.2 Å². The van der Waals surface area contributed by atoms with Crippen molar-refractivity contribution in [3.8, 4) is 0 Å². The number of hydrogen-bond donors (Lipinski definition) is 1. The van der Waals surface area contributed by atoms with Gasteiger partial charge in [0.25, 0.3) is 0 Å². The second-order valence-corrected chi connectivity index (χ2v) is 12.2. The van der Waals surface area contributed by atoms with E-state index < -0.39 is 28.7 Å². The number of fused-ring (bicyclic) bond motifs is 1. The van der Waals surface area contributed by atoms with E-state index in [9.17, 15) is 19.5 Å². The Kier molecular flexibility index (Phi) is 9.04. The summed E-state index contributed by atoms with van der Waals surface area (Å²) >= 11 is 1.67. The van der Waals surface area contributed by atoms with Crippen molar-refractivity contribution in [2.45, 2.75) is 68.2 Å². The molecule has 2 bridgehead atoms. The number of nitrogens with zero attached hydrogens (tertiary/aromatic N) is 3. The van der Waals surface area contributed by atoms with Gasteiger partial charge in [-0.3, -0.25) is 14.4 Å². The number of aliphatic hydroxyl groups excluding tert-OH is 1. The summed E-state index contributed by atoms with van der Waals surface area (Å²) < 4.78 is -0.677. The van der Waals surface area contributed by atoms with Gasteiger partial charge in [-0.15, -0.1) is 24.9 Å². The van der Waals surface area contributed by atoms with E-state index in [2.05, 4.69) is 13.2 Å². The van der Waals surface area contributed by atoms with E-state index in [-0.39, 0.29) is 29.6 Å². The Morgan fingerprint density at radius 3 is 2.45 bits per heavy atom. The van der Waals surface area contributed by atoms with Crippen LogP contribution in [0.3, 0.4) is 0 Å². The van der Waals surface area contributed by atoms with Gasteiger partial charge < -0.3 is 19.8 Å². The van der Waals surface area contributed by atoms with Crippen LogP contribution in [0.15, 0.2) is 55.6 Å². The van der Waals surface area contributed by atoms with Crippen molar-refractivity contribution in [3.63, 3.8) is 0 Å². The summed E-state index contributed by atoms with van der Waals surface area (Å²) in [5.74, 6) is -1.34. The number of rotatable bonds is 13. The average molecular weight is 540 g/mol. The third kappa shape index (κ3) is 4.81. The minimum Gasteiger partial charge on any atom is -0.394 e. The molecule has 3 amide bonds. The molecule has 6 atom stereocenters. The van der Waals surface area contributed by atoms with Crippen LogP contribution in [-0.4, -0.2) is 85.8 Å². The smallest absolute Gasteiger partial charge is 0.247 e. The largest absolute Gasteiger partial charge is 0.394 e. The van der Waals surface area contributed by atoms with Crippen LogP contribution in [0.2, 0.25) is 0 Å². The van der Waals surface area contributed by atoms with Crippen molar-refractivity contribution in [3.05, 3.63) is 61.2 Å². The van der Waals surface area contributed by atoms with Gasteiger partial charge in [0.15, 0.2) is 0 Å². The molecule has 8 heteroatoms. The molecule has 1 spiro atoms. The van der Waals surface area contributed by atoms with Gasteiger partial charge in [-0.2, -0.15) is 0 Å². The molecule has 3 heterocycles. The monoisotopic (exact) mass is 539 g/mol. The van der Waals surface area contributed by atoms with Crippen LogP contribution < -0.4 is 0 Å². The van der Waals surface area contributed by atoms with Crippen LogP contribution in [0, 0.1) is 11.8 Å². The predicted molar refractivity (Wildman–Crippen MR) is 151 cm³/mol. The SMILES string of the molecule is C=CCN(Cc1ccccc1)C(=O)C1N([C@@H](CC)CO)C(=O)[C@@H]2[C@@H](C(=O)N(CC=C)CCC)[C@H]3CCC12S3. The molecule has 0 radical (unpaired) electrons. The number of hydrogen-bond acceptors (Lipinski definition) is 5. The summed E-state index contributed by atoms with van der Waals surface area (Å²) in [7, 11) is 0. The molecule has 38 heavy (non-hydrogen) atoms. The van der Waals surface area contributed by atoms with Gasteiger partial charge in [0.2, 0.25) is 17.7 Å². The highest BCUT2D eigenvalue weighted by molar-refractivity contribution is 8.02. The molecule has 0 saturated carbocycles. The van der Waals surface area contributed by atoms with Crippen molar-refractivity contribution >= 4 is 29.5 Å². The summed E-state index contributed by atoms with van der Waals surface area (Å²) in [5, 5.41) is 10.3. The molecule has 3 aliphatic heterocycles. The van der Waals surface area contributed by atoms with Crippen LogP contribution in [-0.2, 0) is 20.9 Å². The number of thioether (sulfide) groups is 1. The minimum atomic E-state index is -0.729. The molecule has 0 aliphatic carbocycles. The van der Waals surface area contributed by atoms with Crippen molar-refractivity contribution in [1.29, 1.82) is 0 Å². The second kappa shape index (κ2) is 12.1. The number of carbonyl (C=O) groups is 3. The summed E-state index contributed by atoms with van der Waals surface area (Å²) in [6.45, 7) is 13.2. The minimum absolute atomic E-state index is 0.00857. The molecule has 2 unspecified atom stereocenters. The van der Waals surface area contributed by atoms with Crippen molar-refractivity contribution in [2.24, 2.45) is 11.8 Å². The van der Waals surface area contributed by atoms with Crippen LogP contribution in [0.4, 0.5) is 0 Å². The van der Waals surface area contributed by atoms with E-state index in [1.807, 2.05) is 49.1 Å². The van der Waals surface area contributed by atoms with E-state index >= 15 is 0 Å². The van der Waals surface area contributed by atoms with Gasteiger partial charge in [-0.1, -0.05) is 56.3 Å². The first-order valence-electron chi connectivity index (χ1n) is 13.8. The average Bonchev–Trinajstić information content (AvgIpc) is 3.57. The number of amides is 3.